The van der Waals surface area contributed by atoms with Crippen molar-refractivity contribution in [3.05, 3.63) is 106 Å². The van der Waals surface area contributed by atoms with E-state index in [1.165, 1.54) is 16.3 Å². The molecular formula is C26H22ClNO. The van der Waals surface area contributed by atoms with Crippen molar-refractivity contribution in [2.45, 2.75) is 20.5 Å². The monoisotopic (exact) mass is 399 g/mol. The quantitative estimate of drug-likeness (QED) is 0.319. The molecule has 0 unspecified atom stereocenters. The molecule has 4 aromatic rings. The lowest BCUT2D eigenvalue weighted by Gasteiger charge is -2.12. The van der Waals surface area contributed by atoms with Gasteiger partial charge in [0.05, 0.1) is 5.69 Å². The van der Waals surface area contributed by atoms with Crippen molar-refractivity contribution < 1.29 is 4.74 Å². The van der Waals surface area contributed by atoms with Gasteiger partial charge in [0, 0.05) is 16.8 Å². The maximum absolute atomic E-state index is 6.23. The van der Waals surface area contributed by atoms with Gasteiger partial charge >= 0.3 is 0 Å². The van der Waals surface area contributed by atoms with E-state index in [1.54, 1.807) is 0 Å². The van der Waals surface area contributed by atoms with Crippen LogP contribution in [0.3, 0.4) is 0 Å². The van der Waals surface area contributed by atoms with Crippen LogP contribution in [0.1, 0.15) is 22.3 Å². The highest BCUT2D eigenvalue weighted by Gasteiger charge is 2.06. The van der Waals surface area contributed by atoms with E-state index in [2.05, 4.69) is 73.4 Å². The summed E-state index contributed by atoms with van der Waals surface area (Å²) >= 11 is 6.23. The first kappa shape index (κ1) is 19.2. The van der Waals surface area contributed by atoms with Crippen LogP contribution in [0.15, 0.2) is 83.9 Å². The van der Waals surface area contributed by atoms with Crippen molar-refractivity contribution in [3.63, 3.8) is 0 Å². The molecule has 0 bridgehead atoms. The smallest absolute Gasteiger partial charge is 0.128 e. The lowest BCUT2D eigenvalue weighted by Crippen LogP contribution is -1.99. The number of aliphatic imine (C=N–C) groups is 1. The van der Waals surface area contributed by atoms with E-state index >= 15 is 0 Å². The fourth-order valence-corrected chi connectivity index (χ4v) is 3.50. The van der Waals surface area contributed by atoms with E-state index in [0.29, 0.717) is 11.6 Å². The molecule has 4 aromatic carbocycles. The predicted molar refractivity (Wildman–Crippen MR) is 123 cm³/mol. The van der Waals surface area contributed by atoms with Crippen LogP contribution in [-0.2, 0) is 6.61 Å². The molecule has 0 fully saturated rings. The second kappa shape index (κ2) is 8.50. The Morgan fingerprint density at radius 3 is 2.62 bits per heavy atom. The van der Waals surface area contributed by atoms with Crippen LogP contribution in [0.4, 0.5) is 5.69 Å². The van der Waals surface area contributed by atoms with Gasteiger partial charge in [0.25, 0.3) is 0 Å². The van der Waals surface area contributed by atoms with Gasteiger partial charge < -0.3 is 4.74 Å². The van der Waals surface area contributed by atoms with E-state index in [-0.39, 0.29) is 0 Å². The first-order valence-corrected chi connectivity index (χ1v) is 9.98. The van der Waals surface area contributed by atoms with Crippen LogP contribution >= 0.6 is 11.6 Å². The van der Waals surface area contributed by atoms with Gasteiger partial charge in [-0.25, -0.2) is 0 Å². The maximum atomic E-state index is 6.23. The van der Waals surface area contributed by atoms with Gasteiger partial charge in [0.15, 0.2) is 0 Å². The highest BCUT2D eigenvalue weighted by Crippen LogP contribution is 2.26. The molecule has 0 aliphatic heterocycles. The molecule has 4 rings (SSSR count). The molecule has 3 heteroatoms. The number of hydrogen-bond donors (Lipinski definition) is 0. The van der Waals surface area contributed by atoms with Gasteiger partial charge in [-0.1, -0.05) is 66.2 Å². The molecule has 2 nitrogen and oxygen atoms in total. The molecule has 0 aliphatic rings. The van der Waals surface area contributed by atoms with Crippen molar-refractivity contribution in [3.8, 4) is 5.75 Å². The number of rotatable bonds is 5. The molecule has 0 N–H and O–H groups in total. The van der Waals surface area contributed by atoms with Gasteiger partial charge in [-0.2, -0.15) is 0 Å². The molecule has 0 spiro atoms. The zero-order valence-corrected chi connectivity index (χ0v) is 17.3. The minimum atomic E-state index is 0.479. The Kier molecular flexibility index (Phi) is 5.64. The third-order valence-corrected chi connectivity index (χ3v) is 5.18. The zero-order valence-electron chi connectivity index (χ0n) is 16.5. The number of nitrogens with zero attached hydrogens (tertiary/aromatic N) is 1. The van der Waals surface area contributed by atoms with Crippen LogP contribution in [-0.4, -0.2) is 6.21 Å². The summed E-state index contributed by atoms with van der Waals surface area (Å²) in [5.41, 5.74) is 5.27. The summed E-state index contributed by atoms with van der Waals surface area (Å²) < 4.78 is 6.18. The molecule has 0 saturated heterocycles. The van der Waals surface area contributed by atoms with Crippen molar-refractivity contribution in [2.75, 3.05) is 0 Å². The van der Waals surface area contributed by atoms with E-state index in [0.717, 1.165) is 28.1 Å². The molecule has 29 heavy (non-hydrogen) atoms. The Bertz CT molecular complexity index is 1190. The van der Waals surface area contributed by atoms with Crippen LogP contribution in [0.25, 0.3) is 10.8 Å². The summed E-state index contributed by atoms with van der Waals surface area (Å²) in [4.78, 5) is 4.68. The van der Waals surface area contributed by atoms with Gasteiger partial charge in [-0.05, 0) is 65.6 Å². The average Bonchev–Trinajstić information content (AvgIpc) is 2.73. The second-order valence-corrected chi connectivity index (χ2v) is 7.59. The number of aryl methyl sites for hydroxylation is 2. The molecule has 0 saturated carbocycles. The zero-order chi connectivity index (χ0) is 20.2. The molecule has 0 aliphatic carbocycles. The Morgan fingerprint density at radius 1 is 0.897 bits per heavy atom. The topological polar surface area (TPSA) is 21.6 Å². The maximum Gasteiger partial charge on any atom is 0.128 e. The first-order valence-electron chi connectivity index (χ1n) is 9.60. The van der Waals surface area contributed by atoms with Crippen LogP contribution in [0.5, 0.6) is 5.75 Å². The Labute approximate surface area is 176 Å². The Balaban J connectivity index is 1.61. The molecule has 0 heterocycles. The Morgan fingerprint density at radius 2 is 1.72 bits per heavy atom. The van der Waals surface area contributed by atoms with Crippen LogP contribution in [0.2, 0.25) is 5.02 Å². The van der Waals surface area contributed by atoms with E-state index in [4.69, 9.17) is 16.3 Å². The minimum absolute atomic E-state index is 0.479. The summed E-state index contributed by atoms with van der Waals surface area (Å²) in [5, 5.41) is 3.07. The summed E-state index contributed by atoms with van der Waals surface area (Å²) in [6.07, 6.45) is 1.83. The molecule has 0 atom stereocenters. The molecular weight excluding hydrogens is 378 g/mol. The largest absolute Gasteiger partial charge is 0.488 e. The fraction of sp³-hybridized carbons (Fsp3) is 0.115. The van der Waals surface area contributed by atoms with Gasteiger partial charge in [-0.15, -0.1) is 0 Å². The van der Waals surface area contributed by atoms with Gasteiger partial charge in [-0.3, -0.25) is 4.99 Å². The Hall–Kier alpha value is -3.10. The standard InChI is InChI=1S/C26H22ClNO/c1-18-10-11-19(2)25(14-18)28-16-22-15-23(27)12-13-26(22)29-17-21-8-5-7-20-6-3-4-9-24(20)21/h3-16H,17H2,1-2H3. The lowest BCUT2D eigenvalue weighted by atomic mass is 10.1. The second-order valence-electron chi connectivity index (χ2n) is 7.16. The number of hydrogen-bond acceptors (Lipinski definition) is 2. The molecule has 144 valence electrons. The molecule has 0 aromatic heterocycles. The minimum Gasteiger partial charge on any atom is -0.488 e. The number of fused-ring (bicyclic) bond motifs is 1. The highest BCUT2D eigenvalue weighted by atomic mass is 35.5. The summed E-state index contributed by atoms with van der Waals surface area (Å²) in [5.74, 6) is 0.761. The van der Waals surface area contributed by atoms with Crippen LogP contribution < -0.4 is 4.74 Å². The SMILES string of the molecule is Cc1ccc(C)c(N=Cc2cc(Cl)ccc2OCc2cccc3ccccc23)c1. The third kappa shape index (κ3) is 4.49. The van der Waals surface area contributed by atoms with Gasteiger partial charge in [0.1, 0.15) is 12.4 Å². The van der Waals surface area contributed by atoms with Gasteiger partial charge in [0.2, 0.25) is 0 Å². The van der Waals surface area contributed by atoms with Crippen molar-refractivity contribution >= 4 is 34.3 Å². The van der Waals surface area contributed by atoms with Crippen molar-refractivity contribution in [1.29, 1.82) is 0 Å². The number of ether oxygens (including phenoxy) is 1. The summed E-state index contributed by atoms with van der Waals surface area (Å²) in [7, 11) is 0. The van der Waals surface area contributed by atoms with E-state index < -0.39 is 0 Å². The summed E-state index contributed by atoms with van der Waals surface area (Å²) in [6.45, 7) is 4.60. The first-order chi connectivity index (χ1) is 14.1. The van der Waals surface area contributed by atoms with E-state index in [1.807, 2.05) is 30.5 Å². The third-order valence-electron chi connectivity index (χ3n) is 4.94. The fourth-order valence-electron chi connectivity index (χ4n) is 3.32. The van der Waals surface area contributed by atoms with Crippen molar-refractivity contribution in [2.24, 2.45) is 4.99 Å². The average molecular weight is 400 g/mol. The summed E-state index contributed by atoms with van der Waals surface area (Å²) in [6, 6.07) is 26.5. The lowest BCUT2D eigenvalue weighted by molar-refractivity contribution is 0.307. The number of halogens is 1. The predicted octanol–water partition coefficient (Wildman–Crippen LogP) is 7.44. The normalized spacial score (nSPS) is 11.3. The molecule has 0 radical (unpaired) electrons. The van der Waals surface area contributed by atoms with E-state index in [9.17, 15) is 0 Å². The number of benzene rings is 4. The van der Waals surface area contributed by atoms with Crippen molar-refractivity contribution in [1.82, 2.24) is 0 Å². The van der Waals surface area contributed by atoms with Crippen LogP contribution in [0, 0.1) is 13.8 Å². The molecule has 0 amide bonds. The highest BCUT2D eigenvalue weighted by molar-refractivity contribution is 6.30.